The highest BCUT2D eigenvalue weighted by Gasteiger charge is 2.28. The molecule has 0 aromatic heterocycles. The van der Waals surface area contributed by atoms with E-state index >= 15 is 0 Å². The Balaban J connectivity index is 1.53. The van der Waals surface area contributed by atoms with Crippen LogP contribution in [0.15, 0.2) is 47.4 Å². The zero-order valence-electron chi connectivity index (χ0n) is 17.8. The Morgan fingerprint density at radius 1 is 0.903 bits per heavy atom. The molecule has 0 bridgehead atoms. The van der Waals surface area contributed by atoms with Crippen LogP contribution in [0.2, 0.25) is 0 Å². The van der Waals surface area contributed by atoms with Crippen molar-refractivity contribution in [1.29, 1.82) is 0 Å². The van der Waals surface area contributed by atoms with Crippen LogP contribution >= 0.6 is 0 Å². The van der Waals surface area contributed by atoms with Crippen molar-refractivity contribution in [3.8, 4) is 5.75 Å². The van der Waals surface area contributed by atoms with Crippen molar-refractivity contribution in [2.45, 2.75) is 37.0 Å². The van der Waals surface area contributed by atoms with Gasteiger partial charge in [-0.3, -0.25) is 4.79 Å². The van der Waals surface area contributed by atoms with Gasteiger partial charge in [-0.25, -0.2) is 8.42 Å². The van der Waals surface area contributed by atoms with Gasteiger partial charge in [0, 0.05) is 37.4 Å². The summed E-state index contributed by atoms with van der Waals surface area (Å²) in [5.74, 6) is 0.109. The number of methoxy groups -OCH3 is 1. The van der Waals surface area contributed by atoms with Crippen molar-refractivity contribution in [2.75, 3.05) is 43.5 Å². The molecular formula is C23H29N3O4S. The van der Waals surface area contributed by atoms with Crippen molar-refractivity contribution < 1.29 is 17.9 Å². The number of piperidine rings is 1. The van der Waals surface area contributed by atoms with Crippen LogP contribution in [0.1, 0.15) is 42.5 Å². The maximum Gasteiger partial charge on any atom is 0.255 e. The Bertz CT molecular complexity index is 1030. The predicted molar refractivity (Wildman–Crippen MR) is 121 cm³/mol. The minimum absolute atomic E-state index is 0.158. The van der Waals surface area contributed by atoms with E-state index in [-0.39, 0.29) is 10.8 Å². The Hall–Kier alpha value is -2.58. The highest BCUT2D eigenvalue weighted by atomic mass is 32.2. The van der Waals surface area contributed by atoms with E-state index in [4.69, 9.17) is 4.74 Å². The van der Waals surface area contributed by atoms with Gasteiger partial charge < -0.3 is 15.0 Å². The number of carbonyl (C=O) groups excluding carboxylic acids is 1. The molecule has 31 heavy (non-hydrogen) atoms. The first-order chi connectivity index (χ1) is 15.0. The number of nitrogens with one attached hydrogen (secondary N) is 1. The molecule has 1 amide bonds. The smallest absolute Gasteiger partial charge is 0.255 e. The van der Waals surface area contributed by atoms with Gasteiger partial charge in [0.05, 0.1) is 17.7 Å². The molecule has 2 aromatic rings. The van der Waals surface area contributed by atoms with Gasteiger partial charge in [-0.2, -0.15) is 4.31 Å². The van der Waals surface area contributed by atoms with E-state index < -0.39 is 10.0 Å². The first-order valence-electron chi connectivity index (χ1n) is 10.8. The molecule has 2 saturated heterocycles. The number of hydrogen-bond donors (Lipinski definition) is 1. The van der Waals surface area contributed by atoms with Crippen molar-refractivity contribution in [3.05, 3.63) is 48.0 Å². The summed E-state index contributed by atoms with van der Waals surface area (Å²) in [5, 5.41) is 2.82. The number of rotatable bonds is 6. The van der Waals surface area contributed by atoms with Gasteiger partial charge in [0.15, 0.2) is 0 Å². The van der Waals surface area contributed by atoms with Crippen LogP contribution in [0.5, 0.6) is 5.75 Å². The summed E-state index contributed by atoms with van der Waals surface area (Å²) in [4.78, 5) is 15.3. The van der Waals surface area contributed by atoms with Crippen LogP contribution in [0, 0.1) is 0 Å². The molecule has 2 fully saturated rings. The first kappa shape index (κ1) is 21.6. The van der Waals surface area contributed by atoms with Crippen LogP contribution in [0.4, 0.5) is 11.4 Å². The lowest BCUT2D eigenvalue weighted by molar-refractivity contribution is 0.102. The zero-order valence-corrected chi connectivity index (χ0v) is 18.7. The molecule has 2 aliphatic rings. The lowest BCUT2D eigenvalue weighted by Crippen LogP contribution is -2.29. The molecular weight excluding hydrogens is 414 g/mol. The van der Waals surface area contributed by atoms with Crippen molar-refractivity contribution >= 4 is 27.3 Å². The second-order valence-corrected chi connectivity index (χ2v) is 9.96. The summed E-state index contributed by atoms with van der Waals surface area (Å²) in [6.45, 7) is 3.14. The Labute approximate surface area is 184 Å². The third-order valence-electron chi connectivity index (χ3n) is 5.97. The standard InChI is InChI=1S/C23H29N3O4S/c1-30-22-12-11-20(31(28,29)26-15-5-6-16-26)17-21(22)24-23(27)18-7-9-19(10-8-18)25-13-3-2-4-14-25/h7-12,17H,2-6,13-16H2,1H3,(H,24,27). The quantitative estimate of drug-likeness (QED) is 0.736. The number of ether oxygens (including phenoxy) is 1. The Kier molecular flexibility index (Phi) is 6.48. The number of sulfonamides is 1. The molecule has 0 spiro atoms. The number of nitrogens with zero attached hydrogens (tertiary/aromatic N) is 2. The molecule has 2 aromatic carbocycles. The highest BCUT2D eigenvalue weighted by Crippen LogP contribution is 2.30. The van der Waals surface area contributed by atoms with Gasteiger partial charge in [0.1, 0.15) is 5.75 Å². The van der Waals surface area contributed by atoms with Gasteiger partial charge in [-0.1, -0.05) is 0 Å². The van der Waals surface area contributed by atoms with E-state index in [1.807, 2.05) is 12.1 Å². The number of amides is 1. The molecule has 4 rings (SSSR count). The molecule has 2 aliphatic heterocycles. The maximum atomic E-state index is 12.9. The summed E-state index contributed by atoms with van der Waals surface area (Å²) in [6, 6.07) is 12.1. The van der Waals surface area contributed by atoms with Gasteiger partial charge in [-0.05, 0) is 74.6 Å². The van der Waals surface area contributed by atoms with Crippen molar-refractivity contribution in [3.63, 3.8) is 0 Å². The minimum Gasteiger partial charge on any atom is -0.495 e. The SMILES string of the molecule is COc1ccc(S(=O)(=O)N2CCCC2)cc1NC(=O)c1ccc(N2CCCCC2)cc1. The fourth-order valence-electron chi connectivity index (χ4n) is 4.19. The Morgan fingerprint density at radius 3 is 2.19 bits per heavy atom. The molecule has 7 nitrogen and oxygen atoms in total. The third kappa shape index (κ3) is 4.70. The molecule has 1 N–H and O–H groups in total. The largest absolute Gasteiger partial charge is 0.495 e. The number of benzene rings is 2. The van der Waals surface area contributed by atoms with E-state index in [0.717, 1.165) is 31.6 Å². The van der Waals surface area contributed by atoms with Crippen LogP contribution < -0.4 is 15.0 Å². The summed E-state index contributed by atoms with van der Waals surface area (Å²) >= 11 is 0. The number of carbonyl (C=O) groups is 1. The fourth-order valence-corrected chi connectivity index (χ4v) is 5.74. The highest BCUT2D eigenvalue weighted by molar-refractivity contribution is 7.89. The second kappa shape index (κ2) is 9.28. The van der Waals surface area contributed by atoms with Crippen LogP contribution in [-0.4, -0.2) is 51.9 Å². The third-order valence-corrected chi connectivity index (χ3v) is 7.87. The van der Waals surface area contributed by atoms with E-state index in [1.165, 1.54) is 42.8 Å². The Morgan fingerprint density at radius 2 is 1.55 bits per heavy atom. The fraction of sp³-hybridized carbons (Fsp3) is 0.435. The summed E-state index contributed by atoms with van der Waals surface area (Å²) in [7, 11) is -2.09. The van der Waals surface area contributed by atoms with Crippen LogP contribution in [0.3, 0.4) is 0 Å². The summed E-state index contributed by atoms with van der Waals surface area (Å²) in [6.07, 6.45) is 5.39. The topological polar surface area (TPSA) is 79.0 Å². The van der Waals surface area contributed by atoms with Gasteiger partial charge >= 0.3 is 0 Å². The molecule has 0 unspecified atom stereocenters. The molecule has 0 radical (unpaired) electrons. The molecule has 0 aliphatic carbocycles. The lowest BCUT2D eigenvalue weighted by atomic mass is 10.1. The molecule has 0 atom stereocenters. The number of hydrogen-bond acceptors (Lipinski definition) is 5. The summed E-state index contributed by atoms with van der Waals surface area (Å²) in [5.41, 5.74) is 1.97. The van der Waals surface area contributed by atoms with Crippen molar-refractivity contribution in [1.82, 2.24) is 4.31 Å². The van der Waals surface area contributed by atoms with Crippen LogP contribution in [0.25, 0.3) is 0 Å². The monoisotopic (exact) mass is 443 g/mol. The average Bonchev–Trinajstić information content (AvgIpc) is 3.36. The maximum absolute atomic E-state index is 12.9. The van der Waals surface area contributed by atoms with Gasteiger partial charge in [-0.15, -0.1) is 0 Å². The number of anilines is 2. The molecule has 166 valence electrons. The molecule has 0 saturated carbocycles. The van der Waals surface area contributed by atoms with Gasteiger partial charge in [0.2, 0.25) is 10.0 Å². The van der Waals surface area contributed by atoms with Gasteiger partial charge in [0.25, 0.3) is 5.91 Å². The van der Waals surface area contributed by atoms with E-state index in [2.05, 4.69) is 10.2 Å². The van der Waals surface area contributed by atoms with Crippen LogP contribution in [-0.2, 0) is 10.0 Å². The minimum atomic E-state index is -3.58. The summed E-state index contributed by atoms with van der Waals surface area (Å²) < 4.78 is 32.6. The molecule has 8 heteroatoms. The lowest BCUT2D eigenvalue weighted by Gasteiger charge is -2.28. The zero-order chi connectivity index (χ0) is 21.8. The van der Waals surface area contributed by atoms with E-state index in [0.29, 0.717) is 30.1 Å². The van der Waals surface area contributed by atoms with E-state index in [9.17, 15) is 13.2 Å². The second-order valence-electron chi connectivity index (χ2n) is 8.02. The molecule has 2 heterocycles. The first-order valence-corrected chi connectivity index (χ1v) is 12.3. The normalized spacial score (nSPS) is 17.5. The van der Waals surface area contributed by atoms with E-state index in [1.54, 1.807) is 18.2 Å². The van der Waals surface area contributed by atoms with Crippen molar-refractivity contribution in [2.24, 2.45) is 0 Å². The average molecular weight is 444 g/mol. The predicted octanol–water partition coefficient (Wildman–Crippen LogP) is 3.72.